The second-order valence-corrected chi connectivity index (χ2v) is 9.39. The Kier molecular flexibility index (Phi) is 10.0. The van der Waals surface area contributed by atoms with Crippen molar-refractivity contribution < 1.29 is 9.59 Å². The Morgan fingerprint density at radius 1 is 1.03 bits per heavy atom. The predicted octanol–water partition coefficient (Wildman–Crippen LogP) is 0.0878. The summed E-state index contributed by atoms with van der Waals surface area (Å²) in [5.74, 6) is 0.830. The van der Waals surface area contributed by atoms with Gasteiger partial charge in [0.1, 0.15) is 0 Å². The lowest BCUT2D eigenvalue weighted by atomic mass is 9.85. The number of hydrogen-bond acceptors (Lipinski definition) is 6. The van der Waals surface area contributed by atoms with E-state index >= 15 is 0 Å². The Bertz CT molecular complexity index is 1040. The normalized spacial score (nSPS) is 20.7. The largest absolute Gasteiger partial charge is 0.371 e. The third kappa shape index (κ3) is 7.77. The fourth-order valence-electron chi connectivity index (χ4n) is 4.47. The molecule has 1 aromatic rings. The van der Waals surface area contributed by atoms with Crippen LogP contribution in [0.4, 0.5) is 0 Å². The number of carbonyl (C=O) groups is 2. The minimum absolute atomic E-state index is 0.0418. The summed E-state index contributed by atoms with van der Waals surface area (Å²) in [5.41, 5.74) is 13.1. The Morgan fingerprint density at radius 2 is 1.69 bits per heavy atom. The second kappa shape index (κ2) is 13.2. The van der Waals surface area contributed by atoms with Crippen LogP contribution < -0.4 is 32.7 Å². The first-order valence-electron chi connectivity index (χ1n) is 12.7. The molecule has 0 aliphatic heterocycles. The molecule has 2 aliphatic rings. The molecule has 1 aromatic heterocycles. The highest BCUT2D eigenvalue weighted by atomic mass is 16.2. The van der Waals surface area contributed by atoms with E-state index in [2.05, 4.69) is 71.9 Å². The first-order valence-corrected chi connectivity index (χ1v) is 12.7. The van der Waals surface area contributed by atoms with Crippen LogP contribution in [-0.4, -0.2) is 61.0 Å². The van der Waals surface area contributed by atoms with Crippen LogP contribution in [0.1, 0.15) is 44.7 Å². The second-order valence-electron chi connectivity index (χ2n) is 9.39. The molecular formula is C27H40N6O2. The number of aromatic nitrogens is 1. The van der Waals surface area contributed by atoms with Crippen molar-refractivity contribution in [3.63, 3.8) is 0 Å². The van der Waals surface area contributed by atoms with Gasteiger partial charge in [-0.15, -0.1) is 0 Å². The monoisotopic (exact) mass is 480 g/mol. The Morgan fingerprint density at radius 3 is 2.29 bits per heavy atom. The Balaban J connectivity index is 1.72. The summed E-state index contributed by atoms with van der Waals surface area (Å²) in [7, 11) is 0. The van der Waals surface area contributed by atoms with Gasteiger partial charge in [0.05, 0.1) is 5.35 Å². The Hall–Kier alpha value is -2.97. The lowest BCUT2D eigenvalue weighted by Crippen LogP contribution is -2.36. The first-order chi connectivity index (χ1) is 16.9. The number of hydrogen-bond donors (Lipinski definition) is 4. The minimum atomic E-state index is -0.0418. The average Bonchev–Trinajstić information content (AvgIpc) is 2.85. The highest BCUT2D eigenvalue weighted by Crippen LogP contribution is 2.31. The van der Waals surface area contributed by atoms with Gasteiger partial charge in [-0.2, -0.15) is 0 Å². The molecule has 3 atom stereocenters. The molecule has 190 valence electrons. The van der Waals surface area contributed by atoms with Crippen LogP contribution in [0.2, 0.25) is 0 Å². The topological polar surface area (TPSA) is 126 Å². The van der Waals surface area contributed by atoms with Crippen molar-refractivity contribution in [3.8, 4) is 0 Å². The molecule has 0 aromatic carbocycles. The van der Waals surface area contributed by atoms with Crippen LogP contribution in [0.3, 0.4) is 0 Å². The van der Waals surface area contributed by atoms with Gasteiger partial charge in [-0.3, -0.25) is 14.6 Å². The van der Waals surface area contributed by atoms with Crippen molar-refractivity contribution in [3.05, 3.63) is 52.3 Å². The van der Waals surface area contributed by atoms with Crippen LogP contribution in [0.5, 0.6) is 0 Å². The van der Waals surface area contributed by atoms with Crippen LogP contribution in [0, 0.1) is 11.8 Å². The molecule has 0 radical (unpaired) electrons. The smallest absolute Gasteiger partial charge is 0.221 e. The van der Waals surface area contributed by atoms with E-state index in [9.17, 15) is 9.59 Å². The fourth-order valence-corrected chi connectivity index (χ4v) is 4.47. The van der Waals surface area contributed by atoms with Gasteiger partial charge >= 0.3 is 0 Å². The van der Waals surface area contributed by atoms with Crippen LogP contribution >= 0.6 is 0 Å². The van der Waals surface area contributed by atoms with E-state index in [1.165, 1.54) is 5.22 Å². The SMILES string of the molecule is CC1C=c2nc(C3C=CC(N(CCC(=O)NCCN)CCC(=O)NCCN)=CC3C)ccc2=CC1. The first kappa shape index (κ1) is 26.6. The summed E-state index contributed by atoms with van der Waals surface area (Å²) in [6.07, 6.45) is 12.8. The van der Waals surface area contributed by atoms with Crippen molar-refractivity contribution in [2.75, 3.05) is 39.3 Å². The number of pyridine rings is 1. The fraction of sp³-hybridized carbons (Fsp3) is 0.519. The minimum Gasteiger partial charge on any atom is -0.371 e. The standard InChI is InChI=1S/C27H40N6O2/c1-19-3-4-21-5-8-24(32-25(21)17-19)23-7-6-22(18-20(23)2)33(15-9-26(34)30-13-11-28)16-10-27(35)31-14-12-29/h4-8,17-20,23H,3,9-16,28-29H2,1-2H3,(H,30,34)(H,31,35). The van der Waals surface area contributed by atoms with E-state index in [4.69, 9.17) is 16.5 Å². The van der Waals surface area contributed by atoms with Crippen molar-refractivity contribution in [2.45, 2.75) is 39.0 Å². The lowest BCUT2D eigenvalue weighted by Gasteiger charge is -2.31. The molecule has 3 rings (SSSR count). The number of amides is 2. The number of allylic oxidation sites excluding steroid dienone is 3. The van der Waals surface area contributed by atoms with E-state index in [-0.39, 0.29) is 23.7 Å². The average molecular weight is 481 g/mol. The van der Waals surface area contributed by atoms with E-state index in [1.807, 2.05) is 0 Å². The van der Waals surface area contributed by atoms with Gasteiger partial charge in [-0.25, -0.2) is 0 Å². The zero-order chi connectivity index (χ0) is 25.2. The molecule has 35 heavy (non-hydrogen) atoms. The molecule has 6 N–H and O–H groups in total. The summed E-state index contributed by atoms with van der Waals surface area (Å²) in [4.78, 5) is 31.4. The molecule has 0 saturated carbocycles. The summed E-state index contributed by atoms with van der Waals surface area (Å²) >= 11 is 0. The van der Waals surface area contributed by atoms with Gasteiger partial charge in [-0.1, -0.05) is 44.2 Å². The van der Waals surface area contributed by atoms with Crippen molar-refractivity contribution in [1.82, 2.24) is 20.5 Å². The number of fused-ring (bicyclic) bond motifs is 1. The van der Waals surface area contributed by atoms with Crippen LogP contribution in [0.25, 0.3) is 12.2 Å². The number of nitrogens with one attached hydrogen (secondary N) is 2. The highest BCUT2D eigenvalue weighted by molar-refractivity contribution is 5.76. The van der Waals surface area contributed by atoms with E-state index in [0.717, 1.165) is 23.2 Å². The summed E-state index contributed by atoms with van der Waals surface area (Å²) < 4.78 is 0. The molecule has 8 nitrogen and oxygen atoms in total. The summed E-state index contributed by atoms with van der Waals surface area (Å²) in [5, 5.41) is 7.91. The maximum absolute atomic E-state index is 12.2. The van der Waals surface area contributed by atoms with E-state index < -0.39 is 0 Å². The number of carbonyl (C=O) groups excluding carboxylic acids is 2. The van der Waals surface area contributed by atoms with Crippen molar-refractivity contribution in [2.24, 2.45) is 23.3 Å². The Labute approximate surface area is 208 Å². The quantitative estimate of drug-likeness (QED) is 0.336. The molecule has 2 amide bonds. The maximum atomic E-state index is 12.2. The van der Waals surface area contributed by atoms with Gasteiger partial charge in [0.15, 0.2) is 0 Å². The third-order valence-corrected chi connectivity index (χ3v) is 6.46. The molecule has 0 fully saturated rings. The molecule has 1 heterocycles. The summed E-state index contributed by atoms with van der Waals surface area (Å²) in [6, 6.07) is 4.30. The number of nitrogens with two attached hydrogens (primary N) is 2. The lowest BCUT2D eigenvalue weighted by molar-refractivity contribution is -0.121. The predicted molar refractivity (Wildman–Crippen MR) is 140 cm³/mol. The molecular weight excluding hydrogens is 440 g/mol. The highest BCUT2D eigenvalue weighted by Gasteiger charge is 2.23. The number of rotatable bonds is 12. The van der Waals surface area contributed by atoms with Crippen LogP contribution in [-0.2, 0) is 9.59 Å². The molecule has 0 saturated heterocycles. The van der Waals surface area contributed by atoms with Crippen molar-refractivity contribution in [1.29, 1.82) is 0 Å². The molecule has 0 spiro atoms. The van der Waals surface area contributed by atoms with E-state index in [0.29, 0.717) is 58.0 Å². The molecule has 8 heteroatoms. The third-order valence-electron chi connectivity index (χ3n) is 6.46. The molecule has 2 aliphatic carbocycles. The number of nitrogens with zero attached hydrogens (tertiary/aromatic N) is 2. The van der Waals surface area contributed by atoms with E-state index in [1.54, 1.807) is 0 Å². The maximum Gasteiger partial charge on any atom is 0.221 e. The van der Waals surface area contributed by atoms with Gasteiger partial charge in [0.25, 0.3) is 0 Å². The van der Waals surface area contributed by atoms with Crippen LogP contribution in [0.15, 0.2) is 36.1 Å². The molecule has 0 bridgehead atoms. The zero-order valence-electron chi connectivity index (χ0n) is 21.0. The van der Waals surface area contributed by atoms with Gasteiger partial charge < -0.3 is 27.0 Å². The van der Waals surface area contributed by atoms with Gasteiger partial charge in [0, 0.05) is 69.4 Å². The van der Waals surface area contributed by atoms with Gasteiger partial charge in [0.2, 0.25) is 11.8 Å². The van der Waals surface area contributed by atoms with Crippen molar-refractivity contribution >= 4 is 24.0 Å². The zero-order valence-corrected chi connectivity index (χ0v) is 21.0. The summed E-state index contributed by atoms with van der Waals surface area (Å²) in [6.45, 7) is 7.19. The molecule has 3 unspecified atom stereocenters. The van der Waals surface area contributed by atoms with Gasteiger partial charge in [-0.05, 0) is 35.6 Å².